The summed E-state index contributed by atoms with van der Waals surface area (Å²) in [5, 5.41) is 11.5. The number of nitrogens with zero attached hydrogens (tertiary/aromatic N) is 1. The summed E-state index contributed by atoms with van der Waals surface area (Å²) in [6.45, 7) is 1.19. The Labute approximate surface area is 198 Å². The van der Waals surface area contributed by atoms with E-state index in [0.717, 1.165) is 11.1 Å². The van der Waals surface area contributed by atoms with Crippen LogP contribution in [0.5, 0.6) is 0 Å². The molecule has 1 aliphatic heterocycles. The van der Waals surface area contributed by atoms with Crippen LogP contribution >= 0.6 is 0 Å². The molecule has 2 atom stereocenters. The van der Waals surface area contributed by atoms with Crippen molar-refractivity contribution < 1.29 is 29.0 Å². The van der Waals surface area contributed by atoms with Gasteiger partial charge in [-0.15, -0.1) is 0 Å². The Balaban J connectivity index is 1.22. The molecule has 180 valence electrons. The molecule has 0 saturated carbocycles. The lowest BCUT2D eigenvalue weighted by Gasteiger charge is -2.20. The molecular weight excluding hydrogens is 436 g/mol. The molecule has 1 fully saturated rings. The van der Waals surface area contributed by atoms with Gasteiger partial charge in [-0.2, -0.15) is 0 Å². The summed E-state index contributed by atoms with van der Waals surface area (Å²) < 4.78 is 11.2. The van der Waals surface area contributed by atoms with Gasteiger partial charge in [0, 0.05) is 32.5 Å². The summed E-state index contributed by atoms with van der Waals surface area (Å²) >= 11 is 0. The monoisotopic (exact) mass is 466 g/mol. The van der Waals surface area contributed by atoms with E-state index in [9.17, 15) is 14.4 Å². The molecule has 0 radical (unpaired) electrons. The second kappa shape index (κ2) is 10.7. The van der Waals surface area contributed by atoms with Gasteiger partial charge < -0.3 is 24.8 Å². The van der Waals surface area contributed by atoms with Gasteiger partial charge in [0.2, 0.25) is 5.91 Å². The largest absolute Gasteiger partial charge is 0.481 e. The van der Waals surface area contributed by atoms with Crippen LogP contribution in [0.25, 0.3) is 11.1 Å². The van der Waals surface area contributed by atoms with Gasteiger partial charge in [0.25, 0.3) is 0 Å². The number of fused-ring (bicyclic) bond motifs is 3. The van der Waals surface area contributed by atoms with Crippen LogP contribution < -0.4 is 5.32 Å². The van der Waals surface area contributed by atoms with E-state index < -0.39 is 12.1 Å². The zero-order chi connectivity index (χ0) is 24.1. The van der Waals surface area contributed by atoms with Gasteiger partial charge in [0.05, 0.1) is 18.6 Å². The van der Waals surface area contributed by atoms with Crippen LogP contribution in [0.1, 0.15) is 36.3 Å². The van der Waals surface area contributed by atoms with E-state index in [2.05, 4.69) is 29.6 Å². The van der Waals surface area contributed by atoms with E-state index in [0.29, 0.717) is 26.0 Å². The predicted molar refractivity (Wildman–Crippen MR) is 125 cm³/mol. The van der Waals surface area contributed by atoms with E-state index >= 15 is 0 Å². The lowest BCUT2D eigenvalue weighted by molar-refractivity contribution is -0.138. The zero-order valence-electron chi connectivity index (χ0n) is 19.2. The molecule has 2 N–H and O–H groups in total. The highest BCUT2D eigenvalue weighted by atomic mass is 16.5. The molecule has 0 bridgehead atoms. The smallest absolute Gasteiger partial charge is 0.407 e. The molecule has 34 heavy (non-hydrogen) atoms. The van der Waals surface area contributed by atoms with Crippen LogP contribution in [0.3, 0.4) is 0 Å². The summed E-state index contributed by atoms with van der Waals surface area (Å²) in [7, 11) is 1.67. The van der Waals surface area contributed by atoms with E-state index in [1.807, 2.05) is 24.3 Å². The number of hydrogen-bond donors (Lipinski definition) is 2. The number of rotatable bonds is 9. The van der Waals surface area contributed by atoms with Gasteiger partial charge in [-0.25, -0.2) is 4.79 Å². The minimum absolute atomic E-state index is 0.000420. The summed E-state index contributed by atoms with van der Waals surface area (Å²) in [4.78, 5) is 37.1. The number of carbonyl (C=O) groups excluding carboxylic acids is 2. The highest BCUT2D eigenvalue weighted by molar-refractivity contribution is 5.80. The number of aliphatic carboxylic acids is 1. The minimum atomic E-state index is -0.871. The van der Waals surface area contributed by atoms with Crippen LogP contribution in [0, 0.1) is 5.92 Å². The Morgan fingerprint density at radius 2 is 1.74 bits per heavy atom. The first-order valence-electron chi connectivity index (χ1n) is 11.6. The molecule has 2 aromatic rings. The average molecular weight is 467 g/mol. The summed E-state index contributed by atoms with van der Waals surface area (Å²) in [6, 6.07) is 16.3. The van der Waals surface area contributed by atoms with Crippen LogP contribution in [-0.2, 0) is 19.1 Å². The van der Waals surface area contributed by atoms with Crippen molar-refractivity contribution in [2.45, 2.75) is 31.3 Å². The lowest BCUT2D eigenvalue weighted by Crippen LogP contribution is -2.35. The van der Waals surface area contributed by atoms with Crippen LogP contribution in [0.15, 0.2) is 48.5 Å². The third kappa shape index (κ3) is 5.39. The fraction of sp³-hybridized carbons (Fsp3) is 0.423. The van der Waals surface area contributed by atoms with Gasteiger partial charge in [-0.3, -0.25) is 9.59 Å². The number of carboxylic acid groups (broad SMARTS) is 1. The Kier molecular flexibility index (Phi) is 7.47. The maximum absolute atomic E-state index is 12.5. The Morgan fingerprint density at radius 3 is 2.38 bits per heavy atom. The molecule has 1 saturated heterocycles. The first kappa shape index (κ1) is 23.8. The van der Waals surface area contributed by atoms with Crippen molar-refractivity contribution in [3.8, 4) is 11.1 Å². The van der Waals surface area contributed by atoms with Crippen LogP contribution in [0.2, 0.25) is 0 Å². The molecular formula is C26H30N2O6. The first-order chi connectivity index (χ1) is 16.4. The van der Waals surface area contributed by atoms with Gasteiger partial charge in [-0.05, 0) is 35.1 Å². The Morgan fingerprint density at radius 1 is 1.09 bits per heavy atom. The minimum Gasteiger partial charge on any atom is -0.481 e. The SMILES string of the molecule is CN(CCCC(=O)O)C(=O)C1COC(CNC(=O)OCC2c3ccccc3-c3ccccc32)C1. The number of ether oxygens (including phenoxy) is 2. The van der Waals surface area contributed by atoms with Gasteiger partial charge in [0.1, 0.15) is 6.61 Å². The van der Waals surface area contributed by atoms with Crippen LogP contribution in [0.4, 0.5) is 4.79 Å². The standard InChI is InChI=1S/C26H30N2O6/c1-28(12-6-11-24(29)30)25(31)17-13-18(33-15-17)14-27-26(32)34-16-23-21-9-4-2-7-19(21)20-8-3-5-10-22(20)23/h2-5,7-10,17-18,23H,6,11-16H2,1H3,(H,27,32)(H,29,30). The number of carboxylic acids is 1. The molecule has 8 nitrogen and oxygen atoms in total. The average Bonchev–Trinajstić information content (AvgIpc) is 3.43. The normalized spacial score (nSPS) is 18.7. The number of alkyl carbamates (subject to hydrolysis) is 1. The topological polar surface area (TPSA) is 105 Å². The molecule has 2 amide bonds. The van der Waals surface area contributed by atoms with Crippen molar-refractivity contribution in [1.82, 2.24) is 10.2 Å². The molecule has 4 rings (SSSR count). The third-order valence-corrected chi connectivity index (χ3v) is 6.51. The molecule has 1 aliphatic carbocycles. The van der Waals surface area contributed by atoms with E-state index in [-0.39, 0.29) is 43.4 Å². The molecule has 2 aromatic carbocycles. The fourth-order valence-electron chi connectivity index (χ4n) is 4.76. The maximum Gasteiger partial charge on any atom is 0.407 e. The van der Waals surface area contributed by atoms with E-state index in [4.69, 9.17) is 14.6 Å². The molecule has 0 spiro atoms. The first-order valence-corrected chi connectivity index (χ1v) is 11.6. The second-order valence-electron chi connectivity index (χ2n) is 8.85. The molecule has 2 unspecified atom stereocenters. The number of amides is 2. The summed E-state index contributed by atoms with van der Waals surface area (Å²) in [6.07, 6.45) is 0.183. The number of nitrogens with one attached hydrogen (secondary N) is 1. The van der Waals surface area contributed by atoms with Gasteiger partial charge in [-0.1, -0.05) is 48.5 Å². The second-order valence-corrected chi connectivity index (χ2v) is 8.85. The highest BCUT2D eigenvalue weighted by Gasteiger charge is 2.33. The van der Waals surface area contributed by atoms with E-state index in [1.54, 1.807) is 11.9 Å². The van der Waals surface area contributed by atoms with Gasteiger partial charge >= 0.3 is 12.1 Å². The lowest BCUT2D eigenvalue weighted by atomic mass is 9.98. The van der Waals surface area contributed by atoms with Gasteiger partial charge in [0.15, 0.2) is 0 Å². The molecule has 0 aromatic heterocycles. The molecule has 2 aliphatic rings. The number of hydrogen-bond acceptors (Lipinski definition) is 5. The van der Waals surface area contributed by atoms with Crippen molar-refractivity contribution in [3.05, 3.63) is 59.7 Å². The van der Waals surface area contributed by atoms with Crippen molar-refractivity contribution in [2.75, 3.05) is 33.4 Å². The Hall–Kier alpha value is -3.39. The number of carbonyl (C=O) groups is 3. The van der Waals surface area contributed by atoms with Crippen LogP contribution in [-0.4, -0.2) is 67.4 Å². The van der Waals surface area contributed by atoms with Crippen molar-refractivity contribution in [2.24, 2.45) is 5.92 Å². The number of benzene rings is 2. The van der Waals surface area contributed by atoms with Crippen molar-refractivity contribution >= 4 is 18.0 Å². The molecule has 8 heteroatoms. The Bertz CT molecular complexity index is 1010. The third-order valence-electron chi connectivity index (χ3n) is 6.51. The fourth-order valence-corrected chi connectivity index (χ4v) is 4.76. The summed E-state index contributed by atoms with van der Waals surface area (Å²) in [5.41, 5.74) is 4.67. The molecule has 1 heterocycles. The van der Waals surface area contributed by atoms with Crippen molar-refractivity contribution in [1.29, 1.82) is 0 Å². The zero-order valence-corrected chi connectivity index (χ0v) is 19.2. The van der Waals surface area contributed by atoms with Crippen molar-refractivity contribution in [3.63, 3.8) is 0 Å². The van der Waals surface area contributed by atoms with E-state index in [1.165, 1.54) is 11.1 Å². The quantitative estimate of drug-likeness (QED) is 0.588. The summed E-state index contributed by atoms with van der Waals surface area (Å²) in [5.74, 6) is -1.22. The highest BCUT2D eigenvalue weighted by Crippen LogP contribution is 2.44. The maximum atomic E-state index is 12.5. The predicted octanol–water partition coefficient (Wildman–Crippen LogP) is 3.25.